The molecule has 1 amide bonds. The van der Waals surface area contributed by atoms with Crippen LogP contribution in [0.3, 0.4) is 0 Å². The second-order valence-corrected chi connectivity index (χ2v) is 18.3. The maximum Gasteiger partial charge on any atom is 0.303 e. The summed E-state index contributed by atoms with van der Waals surface area (Å²) in [6.07, 6.45) is 6.02. The summed E-state index contributed by atoms with van der Waals surface area (Å²) in [6.45, 7) is 4.56. The van der Waals surface area contributed by atoms with Crippen LogP contribution in [0.15, 0.2) is 91.5 Å². The molecule has 6 atom stereocenters. The molecule has 17 nitrogen and oxygen atoms in total. The normalized spacial score (nSPS) is 21.5. The van der Waals surface area contributed by atoms with Crippen LogP contribution < -0.4 is 26.4 Å². The molecule has 0 spiro atoms. The fourth-order valence-corrected chi connectivity index (χ4v) is 9.22. The van der Waals surface area contributed by atoms with Gasteiger partial charge in [0.25, 0.3) is 0 Å². The van der Waals surface area contributed by atoms with Gasteiger partial charge in [0, 0.05) is 45.3 Å². The van der Waals surface area contributed by atoms with Gasteiger partial charge in [0.2, 0.25) is 5.91 Å². The van der Waals surface area contributed by atoms with Crippen LogP contribution in [0.4, 0.5) is 5.82 Å². The number of carbonyl (C=O) groups is 2. The highest BCUT2D eigenvalue weighted by Gasteiger charge is 2.46. The molecule has 8 N–H and O–H groups in total. The van der Waals surface area contributed by atoms with Crippen molar-refractivity contribution in [3.8, 4) is 5.75 Å². The van der Waals surface area contributed by atoms with E-state index in [1.165, 1.54) is 30.2 Å². The Balaban J connectivity index is 0.000000189. The molecule has 2 aliphatic heterocycles. The number of carboxylic acid groups (broad SMARTS) is 1. The predicted octanol–water partition coefficient (Wildman–Crippen LogP) is 4.25. The first kappa shape index (κ1) is 51.2. The van der Waals surface area contributed by atoms with Gasteiger partial charge in [-0.25, -0.2) is 15.0 Å². The van der Waals surface area contributed by atoms with Gasteiger partial charge in [-0.2, -0.15) is 0 Å². The maximum atomic E-state index is 12.8. The van der Waals surface area contributed by atoms with Crippen LogP contribution >= 0.6 is 11.6 Å². The Morgan fingerprint density at radius 3 is 2.21 bits per heavy atom. The number of likely N-dealkylation sites (N-methyl/N-ethyl adjacent to an activating group) is 1. The lowest BCUT2D eigenvalue weighted by atomic mass is 9.72. The summed E-state index contributed by atoms with van der Waals surface area (Å²) in [6, 6.07) is 24.9. The van der Waals surface area contributed by atoms with Gasteiger partial charge >= 0.3 is 5.97 Å². The van der Waals surface area contributed by atoms with Gasteiger partial charge in [-0.15, -0.1) is 0 Å². The first-order chi connectivity index (χ1) is 32.3. The second kappa shape index (κ2) is 24.2. The van der Waals surface area contributed by atoms with Crippen molar-refractivity contribution in [2.24, 2.45) is 16.9 Å². The molecule has 2 saturated heterocycles. The number of halogens is 1. The zero-order valence-corrected chi connectivity index (χ0v) is 39.7. The smallest absolute Gasteiger partial charge is 0.303 e. The zero-order valence-electron chi connectivity index (χ0n) is 39.0. The number of aromatic nitrogens is 4. The summed E-state index contributed by atoms with van der Waals surface area (Å²) >= 11 is 6.05. The van der Waals surface area contributed by atoms with E-state index in [1.807, 2.05) is 38.4 Å². The molecule has 2 aromatic heterocycles. The number of nitrogens with one attached hydrogen (secondary N) is 1. The molecule has 1 aliphatic carbocycles. The number of rotatable bonds is 14. The number of hydrogen-bond donors (Lipinski definition) is 6. The third-order valence-electron chi connectivity index (χ3n) is 12.9. The number of piperazine rings is 1. The Morgan fingerprint density at radius 2 is 1.61 bits per heavy atom. The van der Waals surface area contributed by atoms with Gasteiger partial charge in [-0.1, -0.05) is 85.5 Å². The Bertz CT molecular complexity index is 2310. The van der Waals surface area contributed by atoms with Crippen molar-refractivity contribution in [2.75, 3.05) is 72.5 Å². The number of carbonyl (C=O) groups excluding carboxylic acids is 1. The van der Waals surface area contributed by atoms with Gasteiger partial charge in [-0.3, -0.25) is 19.1 Å². The highest BCUT2D eigenvalue weighted by atomic mass is 35.5. The van der Waals surface area contributed by atoms with Gasteiger partial charge in [0.15, 0.2) is 23.2 Å². The summed E-state index contributed by atoms with van der Waals surface area (Å²) in [5.74, 6) is 0.154. The van der Waals surface area contributed by atoms with Crippen molar-refractivity contribution in [3.05, 3.63) is 113 Å². The number of methoxy groups -OCH3 is 1. The van der Waals surface area contributed by atoms with Gasteiger partial charge in [-0.05, 0) is 79.2 Å². The van der Waals surface area contributed by atoms with Crippen molar-refractivity contribution in [3.63, 3.8) is 0 Å². The SMILES string of the molecule is CN1CCN(C(c2ccccc2)c2ccc(Cl)cc2)CC1.COc1ccc(C[C@H](N)C(=O)N[C@H]2[C@@H](O)[C@H](n3cnc4c(N(C)C)ncnc43)O[C@@H]2CO)cc1.NCC1(CC(=O)O)CCCCC1. The van der Waals surface area contributed by atoms with Crippen LogP contribution in [0.2, 0.25) is 5.02 Å². The van der Waals surface area contributed by atoms with Crippen molar-refractivity contribution in [1.29, 1.82) is 0 Å². The molecular weight excluding hydrogens is 876 g/mol. The quantitative estimate of drug-likeness (QED) is 0.0914. The number of carboxylic acids is 1. The Labute approximate surface area is 398 Å². The minimum Gasteiger partial charge on any atom is -0.497 e. The van der Waals surface area contributed by atoms with Gasteiger partial charge in [0.1, 0.15) is 24.3 Å². The molecule has 5 aromatic rings. The van der Waals surface area contributed by atoms with Crippen molar-refractivity contribution < 1.29 is 34.4 Å². The predicted molar refractivity (Wildman–Crippen MR) is 259 cm³/mol. The van der Waals surface area contributed by atoms with E-state index in [-0.39, 0.29) is 11.8 Å². The summed E-state index contributed by atoms with van der Waals surface area (Å²) in [5.41, 5.74) is 16.2. The third-order valence-corrected chi connectivity index (χ3v) is 13.2. The molecule has 0 bridgehead atoms. The highest BCUT2D eigenvalue weighted by Crippen LogP contribution is 2.38. The lowest BCUT2D eigenvalue weighted by Gasteiger charge is -2.38. The van der Waals surface area contributed by atoms with E-state index in [9.17, 15) is 19.8 Å². The summed E-state index contributed by atoms with van der Waals surface area (Å²) in [4.78, 5) is 43.0. The molecule has 0 radical (unpaired) electrons. The number of amides is 1. The van der Waals surface area contributed by atoms with Crippen LogP contribution in [-0.2, 0) is 20.7 Å². The second-order valence-electron chi connectivity index (χ2n) is 17.9. The minimum absolute atomic E-state index is 0.0793. The van der Waals surface area contributed by atoms with E-state index >= 15 is 0 Å². The molecule has 3 fully saturated rings. The molecular formula is C49H67ClN10O7. The molecule has 8 rings (SSSR count). The topological polar surface area (TPSA) is 231 Å². The van der Waals surface area contributed by atoms with Crippen LogP contribution in [-0.4, -0.2) is 148 Å². The number of nitrogens with two attached hydrogens (primary N) is 2. The number of ether oxygens (including phenoxy) is 2. The molecule has 4 heterocycles. The number of nitrogens with zero attached hydrogens (tertiary/aromatic N) is 7. The maximum absolute atomic E-state index is 12.8. The number of aliphatic hydroxyl groups excluding tert-OH is 2. The standard InChI is InChI=1S/C22H29N7O5.C18H21ClN2.C9H17NO2/c1-28(2)19-17-20(25-10-24-19)29(11-26-17)22-18(31)16(15(9-30)34-22)27-21(32)14(23)8-12-4-6-13(33-3)7-5-12;1-20-11-13-21(14-12-20)18(15-5-3-2-4-6-15)16-7-9-17(19)10-8-16;10-7-9(6-8(11)12)4-2-1-3-5-9/h4-7,10-11,14-16,18,22,30-31H,8-9,23H2,1-3H3,(H,27,32);2-10,18H,11-14H2,1H3;1-7,10H2,(H,11,12)/t14-,15+,16+,18+,22+;;/m0../s1. The van der Waals surface area contributed by atoms with E-state index in [0.717, 1.165) is 62.4 Å². The van der Waals surface area contributed by atoms with Crippen molar-refractivity contribution in [1.82, 2.24) is 34.6 Å². The van der Waals surface area contributed by atoms with Crippen LogP contribution in [0.1, 0.15) is 67.5 Å². The first-order valence-corrected chi connectivity index (χ1v) is 23.3. The number of benzene rings is 3. The van der Waals surface area contributed by atoms with E-state index in [1.54, 1.807) is 28.7 Å². The Hall–Kier alpha value is -5.24. The fourth-order valence-electron chi connectivity index (χ4n) is 9.09. The van der Waals surface area contributed by atoms with E-state index in [4.69, 9.17) is 37.6 Å². The molecule has 1 saturated carbocycles. The number of imidazole rings is 1. The summed E-state index contributed by atoms with van der Waals surface area (Å²) < 4.78 is 12.6. The zero-order chi connectivity index (χ0) is 48.1. The number of hydrogen-bond acceptors (Lipinski definition) is 14. The molecule has 67 heavy (non-hydrogen) atoms. The molecule has 18 heteroatoms. The molecule has 362 valence electrons. The van der Waals surface area contributed by atoms with Crippen LogP contribution in [0, 0.1) is 5.41 Å². The highest BCUT2D eigenvalue weighted by molar-refractivity contribution is 6.30. The van der Waals surface area contributed by atoms with Crippen molar-refractivity contribution in [2.45, 2.75) is 81.5 Å². The summed E-state index contributed by atoms with van der Waals surface area (Å²) in [5, 5.41) is 33.1. The number of fused-ring (bicyclic) bond motifs is 1. The van der Waals surface area contributed by atoms with Crippen LogP contribution in [0.25, 0.3) is 11.2 Å². The first-order valence-electron chi connectivity index (χ1n) is 22.9. The van der Waals surface area contributed by atoms with E-state index < -0.39 is 49.0 Å². The van der Waals surface area contributed by atoms with Crippen molar-refractivity contribution >= 4 is 40.5 Å². The van der Waals surface area contributed by atoms with Gasteiger partial charge in [0.05, 0.1) is 44.6 Å². The van der Waals surface area contributed by atoms with E-state index in [2.05, 4.69) is 79.6 Å². The lowest BCUT2D eigenvalue weighted by molar-refractivity contribution is -0.140. The molecule has 3 aliphatic rings. The summed E-state index contributed by atoms with van der Waals surface area (Å²) in [7, 11) is 7.44. The Morgan fingerprint density at radius 1 is 0.955 bits per heavy atom. The van der Waals surface area contributed by atoms with Gasteiger partial charge < -0.3 is 51.4 Å². The molecule has 3 aromatic carbocycles. The molecule has 1 unspecified atom stereocenters. The largest absolute Gasteiger partial charge is 0.497 e. The minimum atomic E-state index is -1.18. The number of anilines is 1. The number of aliphatic hydroxyl groups is 2. The number of aliphatic carboxylic acids is 1. The third kappa shape index (κ3) is 13.3. The van der Waals surface area contributed by atoms with Crippen LogP contribution in [0.5, 0.6) is 5.75 Å². The lowest BCUT2D eigenvalue weighted by Crippen LogP contribution is -2.53. The Kier molecular flexibility index (Phi) is 18.5. The van der Waals surface area contributed by atoms with E-state index in [0.29, 0.717) is 41.7 Å². The fraction of sp³-hybridized carbons (Fsp3) is 0.490. The average molecular weight is 944 g/mol. The monoisotopic (exact) mass is 942 g/mol. The average Bonchev–Trinajstić information content (AvgIpc) is 3.91.